The van der Waals surface area contributed by atoms with Crippen LogP contribution in [0.1, 0.15) is 26.3 Å². The summed E-state index contributed by atoms with van der Waals surface area (Å²) in [6.45, 7) is 10.8. The summed E-state index contributed by atoms with van der Waals surface area (Å²) in [5.74, 6) is 0.0471. The van der Waals surface area contributed by atoms with Crippen molar-refractivity contribution in [3.05, 3.63) is 30.1 Å². The van der Waals surface area contributed by atoms with E-state index < -0.39 is 0 Å². The molecule has 0 spiro atoms. The first-order valence-corrected chi connectivity index (χ1v) is 7.67. The molecule has 0 bridgehead atoms. The van der Waals surface area contributed by atoms with Gasteiger partial charge in [-0.3, -0.25) is 19.6 Å². The van der Waals surface area contributed by atoms with Crippen LogP contribution in [0.2, 0.25) is 0 Å². The summed E-state index contributed by atoms with van der Waals surface area (Å²) in [4.78, 5) is 20.1. The second-order valence-electron chi connectivity index (χ2n) is 5.97. The maximum atomic E-state index is 10.9. The van der Waals surface area contributed by atoms with Crippen LogP contribution in [0.5, 0.6) is 0 Å². The van der Waals surface area contributed by atoms with Crippen LogP contribution in [0.25, 0.3) is 0 Å². The van der Waals surface area contributed by atoms with E-state index in [2.05, 4.69) is 40.0 Å². The van der Waals surface area contributed by atoms with Crippen molar-refractivity contribution in [1.82, 2.24) is 20.1 Å². The highest BCUT2D eigenvalue weighted by molar-refractivity contribution is 5.72. The zero-order valence-corrected chi connectivity index (χ0v) is 13.2. The van der Waals surface area contributed by atoms with E-state index in [0.29, 0.717) is 12.1 Å². The van der Waals surface area contributed by atoms with E-state index in [-0.39, 0.29) is 5.91 Å². The van der Waals surface area contributed by atoms with Crippen molar-refractivity contribution < 1.29 is 4.79 Å². The van der Waals surface area contributed by atoms with E-state index in [1.165, 1.54) is 5.56 Å². The Labute approximate surface area is 127 Å². The highest BCUT2D eigenvalue weighted by atomic mass is 16.1. The Morgan fingerprint density at radius 2 is 2.05 bits per heavy atom. The molecule has 5 heteroatoms. The van der Waals surface area contributed by atoms with Gasteiger partial charge in [-0.25, -0.2) is 0 Å². The van der Waals surface area contributed by atoms with Crippen LogP contribution in [0.4, 0.5) is 0 Å². The molecule has 2 rings (SSSR count). The Morgan fingerprint density at radius 1 is 1.33 bits per heavy atom. The van der Waals surface area contributed by atoms with Crippen molar-refractivity contribution in [3.8, 4) is 0 Å². The number of amides is 1. The van der Waals surface area contributed by atoms with E-state index in [0.717, 1.165) is 32.7 Å². The number of hydrogen-bond acceptors (Lipinski definition) is 4. The third-order valence-corrected chi connectivity index (χ3v) is 4.13. The summed E-state index contributed by atoms with van der Waals surface area (Å²) in [7, 11) is 0. The molecule has 1 aromatic heterocycles. The summed E-state index contributed by atoms with van der Waals surface area (Å²) in [6.07, 6.45) is 3.76. The minimum atomic E-state index is 0.0471. The lowest BCUT2D eigenvalue weighted by molar-refractivity contribution is -0.119. The van der Waals surface area contributed by atoms with Crippen LogP contribution < -0.4 is 5.32 Å². The van der Waals surface area contributed by atoms with Gasteiger partial charge in [0.05, 0.1) is 0 Å². The highest BCUT2D eigenvalue weighted by Crippen LogP contribution is 2.17. The summed E-state index contributed by atoms with van der Waals surface area (Å²) in [5, 5.41) is 2.88. The second-order valence-corrected chi connectivity index (χ2v) is 5.97. The quantitative estimate of drug-likeness (QED) is 0.882. The number of nitrogens with zero attached hydrogens (tertiary/aromatic N) is 3. The van der Waals surface area contributed by atoms with Gasteiger partial charge in [0.1, 0.15) is 0 Å². The highest BCUT2D eigenvalue weighted by Gasteiger charge is 2.28. The molecule has 1 aliphatic rings. The van der Waals surface area contributed by atoms with Gasteiger partial charge in [-0.15, -0.1) is 0 Å². The van der Waals surface area contributed by atoms with Gasteiger partial charge in [-0.05, 0) is 25.5 Å². The minimum Gasteiger partial charge on any atom is -0.355 e. The number of piperazine rings is 1. The topological polar surface area (TPSA) is 48.5 Å². The number of hydrogen-bond donors (Lipinski definition) is 1. The molecule has 116 valence electrons. The van der Waals surface area contributed by atoms with Crippen LogP contribution in [0, 0.1) is 0 Å². The fourth-order valence-corrected chi connectivity index (χ4v) is 2.90. The number of rotatable bonds is 5. The number of aromatic nitrogens is 1. The first-order valence-electron chi connectivity index (χ1n) is 7.67. The van der Waals surface area contributed by atoms with Crippen molar-refractivity contribution in [2.45, 2.75) is 39.4 Å². The molecule has 0 unspecified atom stereocenters. The predicted octanol–water partition coefficient (Wildman–Crippen LogP) is 1.11. The molecular formula is C16H26N4O. The molecule has 5 nitrogen and oxygen atoms in total. The molecule has 0 aliphatic carbocycles. The van der Waals surface area contributed by atoms with Crippen molar-refractivity contribution in [1.29, 1.82) is 0 Å². The standard InChI is InChI=1S/C16H26N4O/c1-13-11-20(12-16-5-4-6-17-9-16)14(2)10-19(13)8-7-18-15(3)21/h4-6,9,13-14H,7-8,10-12H2,1-3H3,(H,18,21)/t13-,14+/m0/s1. The molecule has 0 radical (unpaired) electrons. The molecule has 2 atom stereocenters. The van der Waals surface area contributed by atoms with E-state index >= 15 is 0 Å². The van der Waals surface area contributed by atoms with E-state index in [1.807, 2.05) is 18.5 Å². The number of carbonyl (C=O) groups excluding carboxylic acids is 1. The zero-order valence-electron chi connectivity index (χ0n) is 13.2. The average molecular weight is 290 g/mol. The molecule has 1 fully saturated rings. The number of carbonyl (C=O) groups is 1. The van der Waals surface area contributed by atoms with Crippen LogP contribution in [0.3, 0.4) is 0 Å². The second kappa shape index (κ2) is 7.52. The first-order chi connectivity index (χ1) is 10.1. The van der Waals surface area contributed by atoms with Gasteiger partial charge in [0.15, 0.2) is 0 Å². The normalized spacial score (nSPS) is 24.0. The van der Waals surface area contributed by atoms with Gasteiger partial charge < -0.3 is 5.32 Å². The van der Waals surface area contributed by atoms with Gasteiger partial charge in [0.2, 0.25) is 5.91 Å². The fourth-order valence-electron chi connectivity index (χ4n) is 2.90. The first kappa shape index (κ1) is 15.9. The smallest absolute Gasteiger partial charge is 0.216 e. The molecule has 0 aromatic carbocycles. The molecule has 0 saturated carbocycles. The molecule has 21 heavy (non-hydrogen) atoms. The lowest BCUT2D eigenvalue weighted by Crippen LogP contribution is -2.57. The van der Waals surface area contributed by atoms with Crippen LogP contribution in [0.15, 0.2) is 24.5 Å². The Bertz CT molecular complexity index is 451. The predicted molar refractivity (Wildman–Crippen MR) is 83.8 cm³/mol. The SMILES string of the molecule is CC(=O)NCCN1C[C@@H](C)N(Cc2cccnc2)C[C@@H]1C. The summed E-state index contributed by atoms with van der Waals surface area (Å²) < 4.78 is 0. The summed E-state index contributed by atoms with van der Waals surface area (Å²) in [5.41, 5.74) is 1.27. The Hall–Kier alpha value is -1.46. The number of pyridine rings is 1. The molecule has 1 N–H and O–H groups in total. The Balaban J connectivity index is 1.85. The average Bonchev–Trinajstić information content (AvgIpc) is 2.45. The Kier molecular flexibility index (Phi) is 5.70. The number of nitrogens with one attached hydrogen (secondary N) is 1. The maximum absolute atomic E-state index is 10.9. The molecule has 1 saturated heterocycles. The van der Waals surface area contributed by atoms with Gasteiger partial charge in [0.25, 0.3) is 0 Å². The summed E-state index contributed by atoms with van der Waals surface area (Å²) >= 11 is 0. The molecule has 1 aromatic rings. The summed E-state index contributed by atoms with van der Waals surface area (Å²) in [6, 6.07) is 5.14. The van der Waals surface area contributed by atoms with Crippen molar-refractivity contribution >= 4 is 5.91 Å². The van der Waals surface area contributed by atoms with E-state index in [4.69, 9.17) is 0 Å². The lowest BCUT2D eigenvalue weighted by Gasteiger charge is -2.44. The van der Waals surface area contributed by atoms with Crippen molar-refractivity contribution in [2.24, 2.45) is 0 Å². The Morgan fingerprint density at radius 3 is 2.71 bits per heavy atom. The van der Waals surface area contributed by atoms with Crippen molar-refractivity contribution in [3.63, 3.8) is 0 Å². The minimum absolute atomic E-state index is 0.0471. The van der Waals surface area contributed by atoms with Crippen LogP contribution in [-0.2, 0) is 11.3 Å². The van der Waals surface area contributed by atoms with Gasteiger partial charge in [-0.1, -0.05) is 6.07 Å². The van der Waals surface area contributed by atoms with Crippen LogP contribution >= 0.6 is 0 Å². The third-order valence-electron chi connectivity index (χ3n) is 4.13. The van der Waals surface area contributed by atoms with Gasteiger partial charge >= 0.3 is 0 Å². The largest absolute Gasteiger partial charge is 0.355 e. The molecule has 1 aliphatic heterocycles. The monoisotopic (exact) mass is 290 g/mol. The van der Waals surface area contributed by atoms with E-state index in [1.54, 1.807) is 6.92 Å². The molecule has 1 amide bonds. The lowest BCUT2D eigenvalue weighted by atomic mass is 10.1. The van der Waals surface area contributed by atoms with Crippen LogP contribution in [-0.4, -0.2) is 59.0 Å². The maximum Gasteiger partial charge on any atom is 0.216 e. The fraction of sp³-hybridized carbons (Fsp3) is 0.625. The van der Waals surface area contributed by atoms with E-state index in [9.17, 15) is 4.79 Å². The van der Waals surface area contributed by atoms with Gasteiger partial charge in [0, 0.05) is 64.1 Å². The van der Waals surface area contributed by atoms with Gasteiger partial charge in [-0.2, -0.15) is 0 Å². The molecule has 2 heterocycles. The molecular weight excluding hydrogens is 264 g/mol. The zero-order chi connectivity index (χ0) is 15.2. The van der Waals surface area contributed by atoms with Crippen molar-refractivity contribution in [2.75, 3.05) is 26.2 Å². The third kappa shape index (κ3) is 4.79.